The predicted octanol–water partition coefficient (Wildman–Crippen LogP) is 3.21. The fourth-order valence-corrected chi connectivity index (χ4v) is 2.23. The van der Waals surface area contributed by atoms with Gasteiger partial charge in [0.25, 0.3) is 5.91 Å². The van der Waals surface area contributed by atoms with Crippen LogP contribution in [0.25, 0.3) is 0 Å². The largest absolute Gasteiger partial charge is 0.493 e. The van der Waals surface area contributed by atoms with E-state index in [1.54, 1.807) is 31.2 Å². The Morgan fingerprint density at radius 1 is 1.08 bits per heavy atom. The van der Waals surface area contributed by atoms with Crippen molar-refractivity contribution in [2.75, 3.05) is 25.5 Å². The topological polar surface area (TPSA) is 58.6 Å². The van der Waals surface area contributed by atoms with E-state index in [0.717, 1.165) is 11.0 Å². The average Bonchev–Trinajstić information content (AvgIpc) is 2.62. The number of halogens is 3. The average molecular weight is 366 g/mol. The number of nitrogens with zero attached hydrogens (tertiary/aromatic N) is 1. The van der Waals surface area contributed by atoms with Crippen LogP contribution < -0.4 is 10.1 Å². The summed E-state index contributed by atoms with van der Waals surface area (Å²) in [7, 11) is 1.38. The number of likely N-dealkylation sites (N-methyl/N-ethyl adjacent to an activating group) is 1. The number of ether oxygens (including phenoxy) is 1. The van der Waals surface area contributed by atoms with Crippen molar-refractivity contribution in [1.82, 2.24) is 4.90 Å². The van der Waals surface area contributed by atoms with Crippen molar-refractivity contribution in [2.45, 2.75) is 6.92 Å². The molecule has 0 aliphatic rings. The number of hydrogen-bond acceptors (Lipinski definition) is 3. The van der Waals surface area contributed by atoms with E-state index in [1.807, 2.05) is 0 Å². The zero-order chi connectivity index (χ0) is 19.3. The molecule has 0 aliphatic heterocycles. The lowest BCUT2D eigenvalue weighted by atomic mass is 10.1. The van der Waals surface area contributed by atoms with Crippen LogP contribution in [0.4, 0.5) is 18.9 Å². The van der Waals surface area contributed by atoms with E-state index in [9.17, 15) is 22.8 Å². The van der Waals surface area contributed by atoms with Crippen LogP contribution in [-0.4, -0.2) is 36.9 Å². The standard InChI is InChI=1S/C18H17F3N2O3/c1-3-26-14-7-5-4-6-11(14)18(25)23(2)10-15(24)22-13-9-8-12(19)16(20)17(13)21/h4-9H,3,10H2,1-2H3,(H,22,24). The summed E-state index contributed by atoms with van der Waals surface area (Å²) in [6.45, 7) is 1.72. The van der Waals surface area contributed by atoms with E-state index in [-0.39, 0.29) is 5.56 Å². The Morgan fingerprint density at radius 3 is 2.46 bits per heavy atom. The van der Waals surface area contributed by atoms with E-state index in [2.05, 4.69) is 5.32 Å². The van der Waals surface area contributed by atoms with Crippen LogP contribution in [0.15, 0.2) is 36.4 Å². The molecule has 5 nitrogen and oxygen atoms in total. The first kappa shape index (κ1) is 19.3. The van der Waals surface area contributed by atoms with Gasteiger partial charge in [-0.15, -0.1) is 0 Å². The van der Waals surface area contributed by atoms with Gasteiger partial charge in [-0.05, 0) is 31.2 Å². The van der Waals surface area contributed by atoms with E-state index in [0.29, 0.717) is 18.4 Å². The van der Waals surface area contributed by atoms with Crippen LogP contribution in [-0.2, 0) is 4.79 Å². The number of nitrogens with one attached hydrogen (secondary N) is 1. The molecule has 0 saturated carbocycles. The molecule has 0 spiro atoms. The molecule has 0 aromatic heterocycles. The maximum absolute atomic E-state index is 13.6. The van der Waals surface area contributed by atoms with Crippen molar-refractivity contribution in [1.29, 1.82) is 0 Å². The maximum Gasteiger partial charge on any atom is 0.257 e. The van der Waals surface area contributed by atoms with E-state index in [1.165, 1.54) is 7.05 Å². The van der Waals surface area contributed by atoms with Crippen molar-refractivity contribution in [2.24, 2.45) is 0 Å². The molecule has 0 heterocycles. The first-order valence-corrected chi connectivity index (χ1v) is 7.75. The minimum Gasteiger partial charge on any atom is -0.493 e. The highest BCUT2D eigenvalue weighted by Crippen LogP contribution is 2.21. The Kier molecular flexibility index (Phi) is 6.21. The van der Waals surface area contributed by atoms with Crippen molar-refractivity contribution in [3.8, 4) is 5.75 Å². The number of anilines is 1. The Bertz CT molecular complexity index is 827. The van der Waals surface area contributed by atoms with Crippen LogP contribution in [0, 0.1) is 17.5 Å². The summed E-state index contributed by atoms with van der Waals surface area (Å²) in [6, 6.07) is 8.14. The Hall–Kier alpha value is -3.03. The third-order valence-electron chi connectivity index (χ3n) is 3.45. The summed E-state index contributed by atoms with van der Waals surface area (Å²) in [5.74, 6) is -5.42. The Labute approximate surface area is 148 Å². The minimum atomic E-state index is -1.68. The van der Waals surface area contributed by atoms with Gasteiger partial charge in [-0.25, -0.2) is 13.2 Å². The minimum absolute atomic E-state index is 0.267. The van der Waals surface area contributed by atoms with Gasteiger partial charge >= 0.3 is 0 Å². The molecular formula is C18H17F3N2O3. The molecule has 2 rings (SSSR count). The zero-order valence-corrected chi connectivity index (χ0v) is 14.2. The highest BCUT2D eigenvalue weighted by atomic mass is 19.2. The van der Waals surface area contributed by atoms with Crippen LogP contribution in [0.5, 0.6) is 5.75 Å². The first-order chi connectivity index (χ1) is 12.3. The summed E-state index contributed by atoms with van der Waals surface area (Å²) in [5, 5.41) is 2.11. The Balaban J connectivity index is 2.08. The maximum atomic E-state index is 13.6. The molecule has 2 aromatic carbocycles. The summed E-state index contributed by atoms with van der Waals surface area (Å²) in [6.07, 6.45) is 0. The van der Waals surface area contributed by atoms with E-state index < -0.39 is 41.5 Å². The first-order valence-electron chi connectivity index (χ1n) is 7.75. The number of para-hydroxylation sites is 1. The number of benzene rings is 2. The number of amides is 2. The lowest BCUT2D eigenvalue weighted by Gasteiger charge is -2.18. The summed E-state index contributed by atoms with van der Waals surface area (Å²) < 4.78 is 45.1. The van der Waals surface area contributed by atoms with Crippen LogP contribution in [0.1, 0.15) is 17.3 Å². The molecule has 138 valence electrons. The second kappa shape index (κ2) is 8.37. The molecule has 0 bridgehead atoms. The quantitative estimate of drug-likeness (QED) is 0.799. The Morgan fingerprint density at radius 2 is 1.77 bits per heavy atom. The van der Waals surface area contributed by atoms with Gasteiger partial charge in [0.2, 0.25) is 5.91 Å². The van der Waals surface area contributed by atoms with Crippen molar-refractivity contribution in [3.63, 3.8) is 0 Å². The molecule has 2 aromatic rings. The molecule has 0 saturated heterocycles. The van der Waals surface area contributed by atoms with Crippen molar-refractivity contribution in [3.05, 3.63) is 59.4 Å². The number of carbonyl (C=O) groups excluding carboxylic acids is 2. The van der Waals surface area contributed by atoms with Crippen LogP contribution in [0.2, 0.25) is 0 Å². The fourth-order valence-electron chi connectivity index (χ4n) is 2.23. The molecule has 0 unspecified atom stereocenters. The van der Waals surface area contributed by atoms with Crippen molar-refractivity contribution < 1.29 is 27.5 Å². The van der Waals surface area contributed by atoms with Gasteiger partial charge in [0.15, 0.2) is 17.5 Å². The normalized spacial score (nSPS) is 10.3. The molecule has 8 heteroatoms. The highest BCUT2D eigenvalue weighted by molar-refractivity contribution is 6.00. The van der Waals surface area contributed by atoms with Gasteiger partial charge in [-0.3, -0.25) is 9.59 Å². The highest BCUT2D eigenvalue weighted by Gasteiger charge is 2.20. The van der Waals surface area contributed by atoms with Gasteiger partial charge < -0.3 is 15.0 Å². The molecule has 0 aliphatic carbocycles. The monoisotopic (exact) mass is 366 g/mol. The van der Waals surface area contributed by atoms with Crippen molar-refractivity contribution >= 4 is 17.5 Å². The lowest BCUT2D eigenvalue weighted by molar-refractivity contribution is -0.116. The SMILES string of the molecule is CCOc1ccccc1C(=O)N(C)CC(=O)Nc1ccc(F)c(F)c1F. The summed E-state index contributed by atoms with van der Waals surface area (Å²) in [4.78, 5) is 25.6. The molecule has 0 radical (unpaired) electrons. The number of hydrogen-bond donors (Lipinski definition) is 1. The summed E-state index contributed by atoms with van der Waals surface area (Å²) in [5.41, 5.74) is -0.242. The number of carbonyl (C=O) groups is 2. The lowest BCUT2D eigenvalue weighted by Crippen LogP contribution is -2.35. The van der Waals surface area contributed by atoms with Gasteiger partial charge in [0, 0.05) is 7.05 Å². The number of rotatable bonds is 6. The molecule has 1 N–H and O–H groups in total. The van der Waals surface area contributed by atoms with Gasteiger partial charge in [0.1, 0.15) is 5.75 Å². The third-order valence-corrected chi connectivity index (χ3v) is 3.45. The van der Waals surface area contributed by atoms with Gasteiger partial charge in [0.05, 0.1) is 24.4 Å². The second-order valence-electron chi connectivity index (χ2n) is 5.36. The molecular weight excluding hydrogens is 349 g/mol. The summed E-state index contributed by atoms with van der Waals surface area (Å²) >= 11 is 0. The van der Waals surface area contributed by atoms with Gasteiger partial charge in [-0.1, -0.05) is 12.1 Å². The fraction of sp³-hybridized carbons (Fsp3) is 0.222. The predicted molar refractivity (Wildman–Crippen MR) is 89.5 cm³/mol. The molecule has 0 fully saturated rings. The third kappa shape index (κ3) is 4.33. The van der Waals surface area contributed by atoms with E-state index >= 15 is 0 Å². The molecule has 26 heavy (non-hydrogen) atoms. The smallest absolute Gasteiger partial charge is 0.257 e. The molecule has 2 amide bonds. The van der Waals surface area contributed by atoms with Gasteiger partial charge in [-0.2, -0.15) is 0 Å². The second-order valence-corrected chi connectivity index (χ2v) is 5.36. The zero-order valence-electron chi connectivity index (χ0n) is 14.2. The van der Waals surface area contributed by atoms with Crippen LogP contribution in [0.3, 0.4) is 0 Å². The molecule has 0 atom stereocenters. The van der Waals surface area contributed by atoms with Crippen LogP contribution >= 0.6 is 0 Å². The van der Waals surface area contributed by atoms with E-state index in [4.69, 9.17) is 4.74 Å².